The Labute approximate surface area is 185 Å². The van der Waals surface area contributed by atoms with E-state index < -0.39 is 0 Å². The van der Waals surface area contributed by atoms with Crippen molar-refractivity contribution in [2.45, 2.75) is 13.5 Å². The van der Waals surface area contributed by atoms with Crippen LogP contribution in [0.2, 0.25) is 0 Å². The number of hydrogen-bond acceptors (Lipinski definition) is 5. The van der Waals surface area contributed by atoms with Gasteiger partial charge in [0.05, 0.1) is 13.3 Å². The van der Waals surface area contributed by atoms with Crippen molar-refractivity contribution in [2.75, 3.05) is 7.11 Å². The van der Waals surface area contributed by atoms with Gasteiger partial charge in [0.2, 0.25) is 4.77 Å². The van der Waals surface area contributed by atoms with Gasteiger partial charge in [-0.2, -0.15) is 14.9 Å². The molecule has 3 aromatic carbocycles. The lowest BCUT2D eigenvalue weighted by atomic mass is 10.1. The molecule has 0 amide bonds. The third-order valence-electron chi connectivity index (χ3n) is 4.71. The number of nitrogens with one attached hydrogen (secondary N) is 1. The average molecular weight is 431 g/mol. The first-order valence-corrected chi connectivity index (χ1v) is 10.2. The number of nitrogens with zero attached hydrogens (tertiary/aromatic N) is 3. The highest BCUT2D eigenvalue weighted by Gasteiger charge is 2.09. The summed E-state index contributed by atoms with van der Waals surface area (Å²) >= 11 is 5.34. The molecule has 0 aliphatic rings. The monoisotopic (exact) mass is 430 g/mol. The number of hydrogen-bond donors (Lipinski definition) is 1. The first-order valence-electron chi connectivity index (χ1n) is 9.77. The van der Waals surface area contributed by atoms with Crippen molar-refractivity contribution in [2.24, 2.45) is 5.10 Å². The molecule has 0 saturated heterocycles. The highest BCUT2D eigenvalue weighted by atomic mass is 32.1. The highest BCUT2D eigenvalue weighted by Crippen LogP contribution is 2.28. The molecule has 0 atom stereocenters. The molecule has 4 aromatic rings. The Hall–Kier alpha value is -3.71. The molecular formula is C24H22N4O2S. The first-order chi connectivity index (χ1) is 15.1. The molecule has 1 N–H and O–H groups in total. The van der Waals surface area contributed by atoms with Crippen LogP contribution in [0.15, 0.2) is 77.9 Å². The molecule has 4 rings (SSSR count). The normalized spacial score (nSPS) is 11.0. The van der Waals surface area contributed by atoms with E-state index in [0.29, 0.717) is 28.7 Å². The van der Waals surface area contributed by atoms with Crippen LogP contribution in [0.5, 0.6) is 11.5 Å². The minimum atomic E-state index is 0.416. The van der Waals surface area contributed by atoms with Gasteiger partial charge in [-0.15, -0.1) is 0 Å². The second-order valence-corrected chi connectivity index (χ2v) is 7.35. The van der Waals surface area contributed by atoms with Crippen molar-refractivity contribution < 1.29 is 9.47 Å². The minimum absolute atomic E-state index is 0.416. The van der Waals surface area contributed by atoms with Gasteiger partial charge in [-0.25, -0.2) is 5.10 Å². The maximum atomic E-state index is 6.02. The Morgan fingerprint density at radius 1 is 1.03 bits per heavy atom. The fraction of sp³-hybridized carbons (Fsp3) is 0.125. The van der Waals surface area contributed by atoms with Crippen LogP contribution in [0.4, 0.5) is 0 Å². The van der Waals surface area contributed by atoms with Gasteiger partial charge in [0.1, 0.15) is 6.61 Å². The second-order valence-electron chi connectivity index (χ2n) is 6.96. The van der Waals surface area contributed by atoms with Crippen molar-refractivity contribution >= 4 is 18.4 Å². The van der Waals surface area contributed by atoms with Crippen LogP contribution in [0.3, 0.4) is 0 Å². The molecular weight excluding hydrogens is 408 g/mol. The number of benzene rings is 3. The van der Waals surface area contributed by atoms with E-state index in [-0.39, 0.29) is 0 Å². The molecule has 0 radical (unpaired) electrons. The standard InChI is InChI=1S/C24H22N4O2S/c1-17-8-10-18(11-9-17)16-30-22-14-19(12-13-21(22)29-2)15-25-28-23(26-27-24(28)31)20-6-4-3-5-7-20/h3-15H,16H2,1-2H3,(H,27,31)/b25-15-. The summed E-state index contributed by atoms with van der Waals surface area (Å²) in [6.07, 6.45) is 1.72. The SMILES string of the molecule is COc1ccc(/C=N\n2c(-c3ccccc3)n[nH]c2=S)cc1OCc1ccc(C)cc1. The van der Waals surface area contributed by atoms with Crippen LogP contribution < -0.4 is 9.47 Å². The zero-order valence-electron chi connectivity index (χ0n) is 17.3. The van der Waals surface area contributed by atoms with Crippen molar-refractivity contribution in [3.63, 3.8) is 0 Å². The summed E-state index contributed by atoms with van der Waals surface area (Å²) in [7, 11) is 1.62. The van der Waals surface area contributed by atoms with Gasteiger partial charge in [0.25, 0.3) is 0 Å². The molecule has 6 nitrogen and oxygen atoms in total. The lowest BCUT2D eigenvalue weighted by Crippen LogP contribution is -1.99. The van der Waals surface area contributed by atoms with Gasteiger partial charge >= 0.3 is 0 Å². The van der Waals surface area contributed by atoms with Gasteiger partial charge in [-0.05, 0) is 48.5 Å². The molecule has 7 heteroatoms. The van der Waals surface area contributed by atoms with E-state index in [1.54, 1.807) is 18.0 Å². The van der Waals surface area contributed by atoms with Crippen molar-refractivity contribution in [3.8, 4) is 22.9 Å². The summed E-state index contributed by atoms with van der Waals surface area (Å²) < 4.78 is 13.5. The van der Waals surface area contributed by atoms with E-state index in [9.17, 15) is 0 Å². The predicted octanol–water partition coefficient (Wildman–Crippen LogP) is 5.39. The van der Waals surface area contributed by atoms with Crippen molar-refractivity contribution in [1.29, 1.82) is 0 Å². The van der Waals surface area contributed by atoms with Crippen LogP contribution in [0.25, 0.3) is 11.4 Å². The zero-order valence-corrected chi connectivity index (χ0v) is 18.1. The largest absolute Gasteiger partial charge is 0.493 e. The molecule has 0 aliphatic heterocycles. The van der Waals surface area contributed by atoms with Crippen LogP contribution in [0.1, 0.15) is 16.7 Å². The van der Waals surface area contributed by atoms with Crippen molar-refractivity contribution in [1.82, 2.24) is 14.9 Å². The minimum Gasteiger partial charge on any atom is -0.493 e. The maximum Gasteiger partial charge on any atom is 0.216 e. The molecule has 0 bridgehead atoms. The lowest BCUT2D eigenvalue weighted by Gasteiger charge is -2.11. The third-order valence-corrected chi connectivity index (χ3v) is 4.97. The summed E-state index contributed by atoms with van der Waals surface area (Å²) in [6.45, 7) is 2.51. The van der Waals surface area contributed by atoms with E-state index in [1.165, 1.54) is 5.56 Å². The molecule has 156 valence electrons. The van der Waals surface area contributed by atoms with Crippen LogP contribution in [-0.4, -0.2) is 28.2 Å². The Kier molecular flexibility index (Phi) is 6.24. The number of aromatic amines is 1. The first kappa shape index (κ1) is 20.6. The number of methoxy groups -OCH3 is 1. The van der Waals surface area contributed by atoms with Crippen LogP contribution in [0, 0.1) is 11.7 Å². The highest BCUT2D eigenvalue weighted by molar-refractivity contribution is 7.71. The molecule has 0 aliphatic carbocycles. The quantitative estimate of drug-likeness (QED) is 0.316. The van der Waals surface area contributed by atoms with E-state index in [0.717, 1.165) is 16.7 Å². The smallest absolute Gasteiger partial charge is 0.216 e. The molecule has 0 fully saturated rings. The molecule has 31 heavy (non-hydrogen) atoms. The maximum absolute atomic E-state index is 6.02. The van der Waals surface area contributed by atoms with E-state index in [4.69, 9.17) is 21.7 Å². The van der Waals surface area contributed by atoms with Gasteiger partial charge in [-0.1, -0.05) is 60.2 Å². The fourth-order valence-electron chi connectivity index (χ4n) is 3.03. The van der Waals surface area contributed by atoms with Crippen LogP contribution in [-0.2, 0) is 6.61 Å². The summed E-state index contributed by atoms with van der Waals surface area (Å²) in [6, 6.07) is 23.7. The number of aromatic nitrogens is 3. The molecule has 1 aromatic heterocycles. The van der Waals surface area contributed by atoms with Crippen molar-refractivity contribution in [3.05, 3.63) is 94.3 Å². The van der Waals surface area contributed by atoms with E-state index in [2.05, 4.69) is 46.5 Å². The van der Waals surface area contributed by atoms with Crippen LogP contribution >= 0.6 is 12.2 Å². The molecule has 0 spiro atoms. The summed E-state index contributed by atoms with van der Waals surface area (Å²) in [4.78, 5) is 0. The number of H-pyrrole nitrogens is 1. The van der Waals surface area contributed by atoms with E-state index >= 15 is 0 Å². The fourth-order valence-corrected chi connectivity index (χ4v) is 3.21. The predicted molar refractivity (Wildman–Crippen MR) is 124 cm³/mol. The topological polar surface area (TPSA) is 64.4 Å². The molecule has 0 unspecified atom stereocenters. The Morgan fingerprint density at radius 3 is 2.55 bits per heavy atom. The third kappa shape index (κ3) is 4.90. The summed E-state index contributed by atoms with van der Waals surface area (Å²) in [5, 5.41) is 11.6. The van der Waals surface area contributed by atoms with Gasteiger partial charge in [0.15, 0.2) is 17.3 Å². The molecule has 1 heterocycles. The molecule has 0 saturated carbocycles. The number of aryl methyl sites for hydroxylation is 1. The summed E-state index contributed by atoms with van der Waals surface area (Å²) in [5.41, 5.74) is 4.07. The number of ether oxygens (including phenoxy) is 2. The van der Waals surface area contributed by atoms with Gasteiger partial charge in [0, 0.05) is 5.56 Å². The Bertz CT molecular complexity index is 1240. The average Bonchev–Trinajstić information content (AvgIpc) is 3.18. The number of rotatable bonds is 7. The van der Waals surface area contributed by atoms with Gasteiger partial charge < -0.3 is 9.47 Å². The second kappa shape index (κ2) is 9.40. The Morgan fingerprint density at radius 2 is 1.81 bits per heavy atom. The summed E-state index contributed by atoms with van der Waals surface area (Å²) in [5.74, 6) is 1.95. The lowest BCUT2D eigenvalue weighted by molar-refractivity contribution is 0.284. The van der Waals surface area contributed by atoms with Gasteiger partial charge in [-0.3, -0.25) is 0 Å². The Balaban J connectivity index is 1.58. The van der Waals surface area contributed by atoms with E-state index in [1.807, 2.05) is 48.5 Å². The zero-order chi connectivity index (χ0) is 21.6.